The average Bonchev–Trinajstić information content (AvgIpc) is 2.20. The van der Waals surface area contributed by atoms with Crippen molar-refractivity contribution < 1.29 is 9.50 Å². The predicted molar refractivity (Wildman–Crippen MR) is 60.4 cm³/mol. The van der Waals surface area contributed by atoms with E-state index < -0.39 is 0 Å². The molecule has 1 atom stereocenters. The van der Waals surface area contributed by atoms with Gasteiger partial charge in [-0.05, 0) is 49.4 Å². The Balaban J connectivity index is 2.53. The van der Waals surface area contributed by atoms with Gasteiger partial charge in [0.25, 0.3) is 0 Å². The van der Waals surface area contributed by atoms with Gasteiger partial charge in [-0.15, -0.1) is 0 Å². The molecule has 0 radical (unpaired) electrons. The monoisotopic (exact) mass is 210 g/mol. The summed E-state index contributed by atoms with van der Waals surface area (Å²) in [6.07, 6.45) is 3.04. The van der Waals surface area contributed by atoms with Crippen molar-refractivity contribution in [1.82, 2.24) is 0 Å². The molecule has 0 heterocycles. The number of aryl methyl sites for hydroxylation is 2. The SMILES string of the molecule is CCCC(O)CCc1cc(F)ccc1C. The minimum absolute atomic E-state index is 0.194. The summed E-state index contributed by atoms with van der Waals surface area (Å²) in [4.78, 5) is 0. The lowest BCUT2D eigenvalue weighted by molar-refractivity contribution is 0.154. The fraction of sp³-hybridized carbons (Fsp3) is 0.538. The summed E-state index contributed by atoms with van der Waals surface area (Å²) < 4.78 is 13.0. The largest absolute Gasteiger partial charge is 0.393 e. The number of hydrogen-bond donors (Lipinski definition) is 1. The number of hydrogen-bond acceptors (Lipinski definition) is 1. The van der Waals surface area contributed by atoms with Crippen LogP contribution in [0, 0.1) is 12.7 Å². The molecule has 0 fully saturated rings. The van der Waals surface area contributed by atoms with E-state index in [0.29, 0.717) is 0 Å². The van der Waals surface area contributed by atoms with E-state index in [4.69, 9.17) is 0 Å². The van der Waals surface area contributed by atoms with Crippen molar-refractivity contribution in [3.05, 3.63) is 35.1 Å². The van der Waals surface area contributed by atoms with E-state index in [1.165, 1.54) is 6.07 Å². The van der Waals surface area contributed by atoms with Crippen LogP contribution in [0.1, 0.15) is 37.3 Å². The molecule has 0 aliphatic carbocycles. The highest BCUT2D eigenvalue weighted by Crippen LogP contribution is 2.14. The van der Waals surface area contributed by atoms with Crippen LogP contribution in [-0.4, -0.2) is 11.2 Å². The van der Waals surface area contributed by atoms with Crippen LogP contribution in [0.5, 0.6) is 0 Å². The lowest BCUT2D eigenvalue weighted by atomic mass is 10.0. The quantitative estimate of drug-likeness (QED) is 0.791. The summed E-state index contributed by atoms with van der Waals surface area (Å²) in [6.45, 7) is 4.03. The third-order valence-electron chi connectivity index (χ3n) is 2.68. The Morgan fingerprint density at radius 2 is 2.07 bits per heavy atom. The molecule has 0 aliphatic rings. The maximum absolute atomic E-state index is 13.0. The first-order valence-electron chi connectivity index (χ1n) is 5.56. The molecule has 2 heteroatoms. The minimum Gasteiger partial charge on any atom is -0.393 e. The molecule has 1 rings (SSSR count). The summed E-state index contributed by atoms with van der Waals surface area (Å²) in [5, 5.41) is 9.58. The van der Waals surface area contributed by atoms with Crippen molar-refractivity contribution in [2.75, 3.05) is 0 Å². The van der Waals surface area contributed by atoms with Gasteiger partial charge in [0.05, 0.1) is 6.10 Å². The highest BCUT2D eigenvalue weighted by Gasteiger charge is 2.05. The van der Waals surface area contributed by atoms with E-state index in [9.17, 15) is 9.50 Å². The summed E-state index contributed by atoms with van der Waals surface area (Å²) in [6, 6.07) is 4.83. The Morgan fingerprint density at radius 1 is 1.33 bits per heavy atom. The van der Waals surface area contributed by atoms with E-state index in [2.05, 4.69) is 6.92 Å². The van der Waals surface area contributed by atoms with E-state index in [1.54, 1.807) is 12.1 Å². The van der Waals surface area contributed by atoms with Crippen LogP contribution >= 0.6 is 0 Å². The summed E-state index contributed by atoms with van der Waals surface area (Å²) in [5.41, 5.74) is 2.10. The van der Waals surface area contributed by atoms with Gasteiger partial charge in [-0.25, -0.2) is 4.39 Å². The molecule has 0 saturated carbocycles. The van der Waals surface area contributed by atoms with Crippen molar-refractivity contribution in [3.8, 4) is 0 Å². The van der Waals surface area contributed by atoms with Gasteiger partial charge in [-0.1, -0.05) is 19.4 Å². The van der Waals surface area contributed by atoms with Crippen molar-refractivity contribution in [1.29, 1.82) is 0 Å². The van der Waals surface area contributed by atoms with Gasteiger partial charge in [0, 0.05) is 0 Å². The Bertz CT molecular complexity index is 309. The zero-order valence-electron chi connectivity index (χ0n) is 9.46. The molecule has 0 aromatic heterocycles. The molecule has 0 aliphatic heterocycles. The molecule has 0 amide bonds. The molecule has 15 heavy (non-hydrogen) atoms. The first-order valence-corrected chi connectivity index (χ1v) is 5.56. The number of aliphatic hydroxyl groups excluding tert-OH is 1. The number of benzene rings is 1. The van der Waals surface area contributed by atoms with Crippen LogP contribution < -0.4 is 0 Å². The topological polar surface area (TPSA) is 20.2 Å². The molecule has 84 valence electrons. The first-order chi connectivity index (χ1) is 7.13. The fourth-order valence-electron chi connectivity index (χ4n) is 1.71. The zero-order chi connectivity index (χ0) is 11.3. The third kappa shape index (κ3) is 4.00. The van der Waals surface area contributed by atoms with Crippen LogP contribution in [0.3, 0.4) is 0 Å². The maximum atomic E-state index is 13.0. The third-order valence-corrected chi connectivity index (χ3v) is 2.68. The van der Waals surface area contributed by atoms with Gasteiger partial charge >= 0.3 is 0 Å². The van der Waals surface area contributed by atoms with Crippen molar-refractivity contribution in [2.45, 2.75) is 45.6 Å². The standard InChI is InChI=1S/C13H19FO/c1-3-4-13(15)8-6-11-9-12(14)7-5-10(11)2/h5,7,9,13,15H,3-4,6,8H2,1-2H3. The Kier molecular flexibility index (Phi) is 4.76. The predicted octanol–water partition coefficient (Wildman–Crippen LogP) is 3.23. The minimum atomic E-state index is -0.252. The highest BCUT2D eigenvalue weighted by molar-refractivity contribution is 5.26. The molecule has 0 saturated heterocycles. The summed E-state index contributed by atoms with van der Waals surface area (Å²) in [5.74, 6) is -0.194. The lowest BCUT2D eigenvalue weighted by Crippen LogP contribution is -2.07. The molecule has 0 spiro atoms. The highest BCUT2D eigenvalue weighted by atomic mass is 19.1. The molecule has 0 bridgehead atoms. The Hall–Kier alpha value is -0.890. The average molecular weight is 210 g/mol. The fourth-order valence-corrected chi connectivity index (χ4v) is 1.71. The van der Waals surface area contributed by atoms with Crippen molar-refractivity contribution >= 4 is 0 Å². The summed E-state index contributed by atoms with van der Waals surface area (Å²) in [7, 11) is 0. The molecular weight excluding hydrogens is 191 g/mol. The van der Waals surface area contributed by atoms with Gasteiger partial charge in [-0.2, -0.15) is 0 Å². The Labute approximate surface area is 90.9 Å². The second kappa shape index (κ2) is 5.86. The van der Waals surface area contributed by atoms with Crippen LogP contribution in [0.15, 0.2) is 18.2 Å². The first kappa shape index (κ1) is 12.2. The van der Waals surface area contributed by atoms with Gasteiger partial charge in [0.15, 0.2) is 0 Å². The van der Waals surface area contributed by atoms with Crippen LogP contribution in [0.2, 0.25) is 0 Å². The maximum Gasteiger partial charge on any atom is 0.123 e. The van der Waals surface area contributed by atoms with E-state index >= 15 is 0 Å². The van der Waals surface area contributed by atoms with E-state index in [-0.39, 0.29) is 11.9 Å². The van der Waals surface area contributed by atoms with E-state index in [1.807, 2.05) is 6.92 Å². The van der Waals surface area contributed by atoms with Crippen LogP contribution in [0.4, 0.5) is 4.39 Å². The van der Waals surface area contributed by atoms with Gasteiger partial charge in [-0.3, -0.25) is 0 Å². The van der Waals surface area contributed by atoms with Crippen LogP contribution in [0.25, 0.3) is 0 Å². The molecule has 1 unspecified atom stereocenters. The second-order valence-corrected chi connectivity index (χ2v) is 4.05. The normalized spacial score (nSPS) is 12.8. The van der Waals surface area contributed by atoms with Crippen molar-refractivity contribution in [2.24, 2.45) is 0 Å². The van der Waals surface area contributed by atoms with Crippen molar-refractivity contribution in [3.63, 3.8) is 0 Å². The zero-order valence-corrected chi connectivity index (χ0v) is 9.46. The lowest BCUT2D eigenvalue weighted by Gasteiger charge is -2.10. The number of halogens is 1. The molecule has 1 nitrogen and oxygen atoms in total. The smallest absolute Gasteiger partial charge is 0.123 e. The van der Waals surface area contributed by atoms with Crippen LogP contribution in [-0.2, 0) is 6.42 Å². The molecular formula is C13H19FO. The molecule has 1 aromatic carbocycles. The van der Waals surface area contributed by atoms with Gasteiger partial charge in [0.1, 0.15) is 5.82 Å². The van der Waals surface area contributed by atoms with Gasteiger partial charge < -0.3 is 5.11 Å². The Morgan fingerprint density at radius 3 is 2.73 bits per heavy atom. The molecule has 1 N–H and O–H groups in total. The van der Waals surface area contributed by atoms with E-state index in [0.717, 1.165) is 36.8 Å². The number of aliphatic hydroxyl groups is 1. The van der Waals surface area contributed by atoms with Gasteiger partial charge in [0.2, 0.25) is 0 Å². The summed E-state index contributed by atoms with van der Waals surface area (Å²) >= 11 is 0. The second-order valence-electron chi connectivity index (χ2n) is 4.05. The molecule has 1 aromatic rings. The number of rotatable bonds is 5.